The fraction of sp³-hybridized carbons (Fsp3) is 0.529. The van der Waals surface area contributed by atoms with E-state index in [9.17, 15) is 18.4 Å². The van der Waals surface area contributed by atoms with Gasteiger partial charge in [-0.05, 0) is 42.9 Å². The largest absolute Gasteiger partial charge is 0.369 e. The number of carbonyl (C=O) groups excluding carboxylic acids is 2. The van der Waals surface area contributed by atoms with Crippen molar-refractivity contribution in [2.45, 2.75) is 33.1 Å². The monoisotopic (exact) mass is 326 g/mol. The standard InChI is InChI=1S/C17H24F2N2O2/c1-10(2)6-15(17(23)21-3)14(16(20)22)5-4-11-7-12(18)9-13(19)8-11/h7-10,14-15H,4-6H2,1-3H3,(H2,20,22)(H,21,23)/t14-,15?/m0/s1. The van der Waals surface area contributed by atoms with Crippen LogP contribution in [-0.4, -0.2) is 18.9 Å². The molecule has 0 spiro atoms. The van der Waals surface area contributed by atoms with Gasteiger partial charge in [0.1, 0.15) is 11.6 Å². The van der Waals surface area contributed by atoms with E-state index in [1.54, 1.807) is 0 Å². The molecule has 0 heterocycles. The number of hydrogen-bond donors (Lipinski definition) is 2. The molecule has 2 amide bonds. The minimum absolute atomic E-state index is 0.214. The van der Waals surface area contributed by atoms with Gasteiger partial charge in [-0.25, -0.2) is 8.78 Å². The fourth-order valence-corrected chi connectivity index (χ4v) is 2.77. The van der Waals surface area contributed by atoms with Crippen LogP contribution >= 0.6 is 0 Å². The molecule has 23 heavy (non-hydrogen) atoms. The summed E-state index contributed by atoms with van der Waals surface area (Å²) in [7, 11) is 1.51. The molecule has 0 aliphatic heterocycles. The Morgan fingerprint density at radius 3 is 2.13 bits per heavy atom. The van der Waals surface area contributed by atoms with Crippen LogP contribution in [0.2, 0.25) is 0 Å². The number of benzene rings is 1. The van der Waals surface area contributed by atoms with E-state index in [0.717, 1.165) is 6.07 Å². The van der Waals surface area contributed by atoms with E-state index in [2.05, 4.69) is 5.32 Å². The number of hydrogen-bond acceptors (Lipinski definition) is 2. The van der Waals surface area contributed by atoms with Gasteiger partial charge in [0, 0.05) is 24.9 Å². The van der Waals surface area contributed by atoms with Gasteiger partial charge in [0.15, 0.2) is 0 Å². The molecule has 1 rings (SSSR count). The lowest BCUT2D eigenvalue weighted by atomic mass is 9.81. The first kappa shape index (κ1) is 19.1. The molecule has 1 unspecified atom stereocenters. The molecule has 2 atom stereocenters. The van der Waals surface area contributed by atoms with E-state index < -0.39 is 29.4 Å². The summed E-state index contributed by atoms with van der Waals surface area (Å²) in [6, 6.07) is 3.23. The smallest absolute Gasteiger partial charge is 0.223 e. The molecule has 6 heteroatoms. The van der Waals surface area contributed by atoms with Crippen molar-refractivity contribution in [1.82, 2.24) is 5.32 Å². The number of carbonyl (C=O) groups is 2. The van der Waals surface area contributed by atoms with Crippen molar-refractivity contribution >= 4 is 11.8 Å². The normalized spacial score (nSPS) is 13.7. The van der Waals surface area contributed by atoms with Crippen LogP contribution in [0.4, 0.5) is 8.78 Å². The van der Waals surface area contributed by atoms with Gasteiger partial charge < -0.3 is 11.1 Å². The Morgan fingerprint density at radius 1 is 1.13 bits per heavy atom. The van der Waals surface area contributed by atoms with Crippen LogP contribution in [0.1, 0.15) is 32.3 Å². The van der Waals surface area contributed by atoms with Crippen molar-refractivity contribution < 1.29 is 18.4 Å². The van der Waals surface area contributed by atoms with Gasteiger partial charge in [0.05, 0.1) is 0 Å². The average Bonchev–Trinajstić information content (AvgIpc) is 2.43. The molecule has 0 fully saturated rings. The Labute approximate surface area is 135 Å². The number of amides is 2. The van der Waals surface area contributed by atoms with Crippen molar-refractivity contribution in [2.24, 2.45) is 23.5 Å². The molecule has 1 aromatic rings. The summed E-state index contributed by atoms with van der Waals surface area (Å²) in [5.74, 6) is -3.16. The summed E-state index contributed by atoms with van der Waals surface area (Å²) in [6.45, 7) is 3.91. The van der Waals surface area contributed by atoms with Crippen LogP contribution in [-0.2, 0) is 16.0 Å². The predicted molar refractivity (Wildman–Crippen MR) is 84.4 cm³/mol. The molecule has 0 bridgehead atoms. The number of nitrogens with two attached hydrogens (primary N) is 1. The third-order valence-corrected chi connectivity index (χ3v) is 3.83. The zero-order valence-electron chi connectivity index (χ0n) is 13.7. The second-order valence-corrected chi connectivity index (χ2v) is 6.18. The second-order valence-electron chi connectivity index (χ2n) is 6.18. The highest BCUT2D eigenvalue weighted by atomic mass is 19.1. The lowest BCUT2D eigenvalue weighted by Crippen LogP contribution is -2.40. The van der Waals surface area contributed by atoms with Crippen molar-refractivity contribution in [1.29, 1.82) is 0 Å². The SMILES string of the molecule is CNC(=O)C(CC(C)C)[C@H](CCc1cc(F)cc(F)c1)C(N)=O. The van der Waals surface area contributed by atoms with Crippen LogP contribution in [0.25, 0.3) is 0 Å². The van der Waals surface area contributed by atoms with Crippen molar-refractivity contribution in [3.8, 4) is 0 Å². The van der Waals surface area contributed by atoms with E-state index in [-0.39, 0.29) is 24.7 Å². The summed E-state index contributed by atoms with van der Waals surface area (Å²) < 4.78 is 26.5. The molecule has 128 valence electrons. The minimum atomic E-state index is -0.677. The molecule has 0 aliphatic carbocycles. The third kappa shape index (κ3) is 5.96. The maximum absolute atomic E-state index is 13.2. The van der Waals surface area contributed by atoms with Gasteiger partial charge in [-0.1, -0.05) is 13.8 Å². The van der Waals surface area contributed by atoms with Gasteiger partial charge in [-0.15, -0.1) is 0 Å². The second kappa shape index (κ2) is 8.60. The zero-order valence-corrected chi connectivity index (χ0v) is 13.7. The zero-order chi connectivity index (χ0) is 17.6. The van der Waals surface area contributed by atoms with Gasteiger partial charge in [-0.2, -0.15) is 0 Å². The number of halogens is 2. The minimum Gasteiger partial charge on any atom is -0.369 e. The summed E-state index contributed by atoms with van der Waals surface area (Å²) >= 11 is 0. The van der Waals surface area contributed by atoms with Crippen LogP contribution in [0.5, 0.6) is 0 Å². The highest BCUT2D eigenvalue weighted by Crippen LogP contribution is 2.25. The van der Waals surface area contributed by atoms with Gasteiger partial charge >= 0.3 is 0 Å². The van der Waals surface area contributed by atoms with Crippen LogP contribution < -0.4 is 11.1 Å². The van der Waals surface area contributed by atoms with Crippen LogP contribution in [0.3, 0.4) is 0 Å². The molecule has 1 aromatic carbocycles. The lowest BCUT2D eigenvalue weighted by Gasteiger charge is -2.25. The van der Waals surface area contributed by atoms with Crippen molar-refractivity contribution in [3.63, 3.8) is 0 Å². The molecule has 0 saturated heterocycles. The highest BCUT2D eigenvalue weighted by molar-refractivity contribution is 5.86. The molecule has 0 aliphatic rings. The van der Waals surface area contributed by atoms with E-state index in [4.69, 9.17) is 5.73 Å². The van der Waals surface area contributed by atoms with E-state index in [1.807, 2.05) is 13.8 Å². The Hall–Kier alpha value is -1.98. The van der Waals surface area contributed by atoms with Crippen LogP contribution in [0, 0.1) is 29.4 Å². The number of primary amides is 1. The van der Waals surface area contributed by atoms with E-state index in [1.165, 1.54) is 19.2 Å². The first-order valence-corrected chi connectivity index (χ1v) is 7.70. The summed E-state index contributed by atoms with van der Waals surface area (Å²) in [5.41, 5.74) is 5.90. The first-order valence-electron chi connectivity index (χ1n) is 7.70. The molecular formula is C17H24F2N2O2. The Kier molecular flexibility index (Phi) is 7.13. The maximum Gasteiger partial charge on any atom is 0.223 e. The Balaban J connectivity index is 2.91. The van der Waals surface area contributed by atoms with E-state index in [0.29, 0.717) is 12.0 Å². The number of nitrogens with one attached hydrogen (secondary N) is 1. The van der Waals surface area contributed by atoms with Crippen molar-refractivity contribution in [3.05, 3.63) is 35.4 Å². The molecule has 0 aromatic heterocycles. The average molecular weight is 326 g/mol. The molecule has 4 nitrogen and oxygen atoms in total. The molecule has 0 saturated carbocycles. The van der Waals surface area contributed by atoms with E-state index >= 15 is 0 Å². The van der Waals surface area contributed by atoms with Gasteiger partial charge in [0.25, 0.3) is 0 Å². The maximum atomic E-state index is 13.2. The van der Waals surface area contributed by atoms with Gasteiger partial charge in [0.2, 0.25) is 11.8 Å². The van der Waals surface area contributed by atoms with Crippen LogP contribution in [0.15, 0.2) is 18.2 Å². The summed E-state index contributed by atoms with van der Waals surface area (Å²) in [4.78, 5) is 23.9. The van der Waals surface area contributed by atoms with Crippen molar-refractivity contribution in [2.75, 3.05) is 7.05 Å². The predicted octanol–water partition coefficient (Wildman–Crippen LogP) is 2.41. The highest BCUT2D eigenvalue weighted by Gasteiger charge is 2.32. The molecule has 0 radical (unpaired) electrons. The fourth-order valence-electron chi connectivity index (χ4n) is 2.77. The Bertz CT molecular complexity index is 541. The van der Waals surface area contributed by atoms with Gasteiger partial charge in [-0.3, -0.25) is 9.59 Å². The molecular weight excluding hydrogens is 302 g/mol. The topological polar surface area (TPSA) is 72.2 Å². The lowest BCUT2D eigenvalue weighted by molar-refractivity contribution is -0.133. The quantitative estimate of drug-likeness (QED) is 0.770. The summed E-state index contributed by atoms with van der Waals surface area (Å²) in [5, 5.41) is 2.56. The third-order valence-electron chi connectivity index (χ3n) is 3.83. The Morgan fingerprint density at radius 2 is 1.70 bits per heavy atom. The number of rotatable bonds is 8. The molecule has 3 N–H and O–H groups in total. The summed E-state index contributed by atoms with van der Waals surface area (Å²) in [6.07, 6.45) is 1.06. The number of aryl methyl sites for hydroxylation is 1. The first-order chi connectivity index (χ1) is 10.7.